The number of hydrogen-bond acceptors (Lipinski definition) is 1. The zero-order chi connectivity index (χ0) is 23.7. The monoisotopic (exact) mass is 440 g/mol. The largest absolute Gasteiger partial charge is 0.393 e. The van der Waals surface area contributed by atoms with Gasteiger partial charge in [0.1, 0.15) is 0 Å². The number of rotatable bonds is 5. The van der Waals surface area contributed by atoms with Crippen LogP contribution in [-0.2, 0) is 0 Å². The second-order valence-corrected chi connectivity index (χ2v) is 14.1. The van der Waals surface area contributed by atoms with Crippen LogP contribution in [0.3, 0.4) is 0 Å². The Morgan fingerprint density at radius 3 is 2.34 bits per heavy atom. The Hall–Kier alpha value is -0.560. The van der Waals surface area contributed by atoms with Crippen LogP contribution in [0.2, 0.25) is 0 Å². The van der Waals surface area contributed by atoms with Crippen molar-refractivity contribution in [3.8, 4) is 0 Å². The minimum atomic E-state index is -0.138. The van der Waals surface area contributed by atoms with Crippen molar-refractivity contribution in [3.05, 3.63) is 23.8 Å². The van der Waals surface area contributed by atoms with Gasteiger partial charge >= 0.3 is 0 Å². The van der Waals surface area contributed by atoms with Crippen molar-refractivity contribution in [1.82, 2.24) is 0 Å². The van der Waals surface area contributed by atoms with Crippen LogP contribution in [0.1, 0.15) is 113 Å². The maximum Gasteiger partial charge on any atom is 0.0594 e. The van der Waals surface area contributed by atoms with E-state index in [1.807, 2.05) is 0 Å². The standard InChI is InChI=1S/C31H52O/c1-20(2)21(3)10-11-22(4)23-14-18-31(9)25-12-13-26-28(5,6)27(32)16-17-29(26,7)24(25)15-19-30(23,31)8/h15,21-23,25-27,32H,1,10-14,16-19H2,2-9H3. The lowest BCUT2D eigenvalue weighted by Gasteiger charge is -2.64. The van der Waals surface area contributed by atoms with Crippen LogP contribution in [0.15, 0.2) is 23.8 Å². The molecule has 4 aliphatic carbocycles. The van der Waals surface area contributed by atoms with E-state index in [-0.39, 0.29) is 16.9 Å². The molecule has 4 rings (SSSR count). The van der Waals surface area contributed by atoms with Crippen molar-refractivity contribution in [3.63, 3.8) is 0 Å². The Morgan fingerprint density at radius 2 is 1.69 bits per heavy atom. The first-order chi connectivity index (χ1) is 14.8. The smallest absolute Gasteiger partial charge is 0.0594 e. The molecule has 9 atom stereocenters. The van der Waals surface area contributed by atoms with Crippen molar-refractivity contribution < 1.29 is 5.11 Å². The molecule has 32 heavy (non-hydrogen) atoms. The normalized spacial score (nSPS) is 47.0. The average molecular weight is 441 g/mol. The lowest BCUT2D eigenvalue weighted by atomic mass is 9.41. The highest BCUT2D eigenvalue weighted by Gasteiger charge is 2.65. The molecule has 9 unspecified atom stereocenters. The maximum atomic E-state index is 10.8. The van der Waals surface area contributed by atoms with Crippen molar-refractivity contribution in [2.45, 2.75) is 119 Å². The molecule has 0 heterocycles. The minimum Gasteiger partial charge on any atom is -0.393 e. The summed E-state index contributed by atoms with van der Waals surface area (Å²) >= 11 is 0. The Labute approximate surface area is 199 Å². The highest BCUT2D eigenvalue weighted by atomic mass is 16.3. The number of aliphatic hydroxyl groups is 1. The molecule has 3 saturated carbocycles. The zero-order valence-electron chi connectivity index (χ0n) is 22.6. The van der Waals surface area contributed by atoms with Gasteiger partial charge in [0.2, 0.25) is 0 Å². The summed E-state index contributed by atoms with van der Waals surface area (Å²) in [5.41, 5.74) is 4.33. The molecule has 0 aromatic heterocycles. The van der Waals surface area contributed by atoms with Crippen LogP contribution in [-0.4, -0.2) is 11.2 Å². The lowest BCUT2D eigenvalue weighted by Crippen LogP contribution is -2.57. The summed E-state index contributed by atoms with van der Waals surface area (Å²) < 4.78 is 0. The van der Waals surface area contributed by atoms with E-state index in [9.17, 15) is 5.11 Å². The summed E-state index contributed by atoms with van der Waals surface area (Å²) in [7, 11) is 0. The molecular weight excluding hydrogens is 388 g/mol. The second kappa shape index (κ2) is 8.00. The van der Waals surface area contributed by atoms with Crippen LogP contribution in [0.4, 0.5) is 0 Å². The van der Waals surface area contributed by atoms with Gasteiger partial charge in [0.25, 0.3) is 0 Å². The molecule has 0 aromatic rings. The van der Waals surface area contributed by atoms with Crippen molar-refractivity contribution >= 4 is 0 Å². The van der Waals surface area contributed by atoms with E-state index in [4.69, 9.17) is 0 Å². The summed E-state index contributed by atoms with van der Waals surface area (Å²) in [5.74, 6) is 3.66. The molecule has 182 valence electrons. The van der Waals surface area contributed by atoms with Gasteiger partial charge in [0.15, 0.2) is 0 Å². The van der Waals surface area contributed by atoms with E-state index in [0.29, 0.717) is 22.7 Å². The molecule has 0 spiro atoms. The predicted molar refractivity (Wildman–Crippen MR) is 137 cm³/mol. The summed E-state index contributed by atoms with van der Waals surface area (Å²) in [4.78, 5) is 0. The third-order valence-electron chi connectivity index (χ3n) is 12.4. The molecule has 0 radical (unpaired) electrons. The van der Waals surface area contributed by atoms with Crippen molar-refractivity contribution in [1.29, 1.82) is 0 Å². The molecule has 0 aromatic carbocycles. The highest BCUT2D eigenvalue weighted by molar-refractivity contribution is 5.32. The first-order valence-electron chi connectivity index (χ1n) is 13.8. The first kappa shape index (κ1) is 24.6. The van der Waals surface area contributed by atoms with Crippen LogP contribution in [0.25, 0.3) is 0 Å². The van der Waals surface area contributed by atoms with Crippen LogP contribution < -0.4 is 0 Å². The van der Waals surface area contributed by atoms with Gasteiger partial charge in [-0.05, 0) is 116 Å². The molecule has 4 aliphatic rings. The van der Waals surface area contributed by atoms with Gasteiger partial charge in [-0.3, -0.25) is 0 Å². The third kappa shape index (κ3) is 3.34. The second-order valence-electron chi connectivity index (χ2n) is 14.1. The molecule has 3 fully saturated rings. The summed E-state index contributed by atoms with van der Waals surface area (Å²) in [6.07, 6.45) is 14.1. The lowest BCUT2D eigenvalue weighted by molar-refractivity contribution is -0.118. The van der Waals surface area contributed by atoms with Crippen LogP contribution in [0, 0.1) is 51.2 Å². The quantitative estimate of drug-likeness (QED) is 0.424. The van der Waals surface area contributed by atoms with Gasteiger partial charge in [0, 0.05) is 0 Å². The van der Waals surface area contributed by atoms with Gasteiger partial charge in [-0.15, -0.1) is 0 Å². The molecule has 1 N–H and O–H groups in total. The van der Waals surface area contributed by atoms with Gasteiger partial charge in [0.05, 0.1) is 6.10 Å². The van der Waals surface area contributed by atoms with Crippen LogP contribution >= 0.6 is 0 Å². The number of allylic oxidation sites excluding steroid dienone is 3. The highest BCUT2D eigenvalue weighted by Crippen LogP contribution is 2.73. The molecule has 1 heteroatoms. The molecule has 0 amide bonds. The fourth-order valence-electron chi connectivity index (χ4n) is 9.63. The Morgan fingerprint density at radius 1 is 1.00 bits per heavy atom. The van der Waals surface area contributed by atoms with E-state index in [1.165, 1.54) is 56.9 Å². The van der Waals surface area contributed by atoms with Crippen molar-refractivity contribution in [2.75, 3.05) is 0 Å². The minimum absolute atomic E-state index is 0.0349. The van der Waals surface area contributed by atoms with Crippen LogP contribution in [0.5, 0.6) is 0 Å². The molecule has 1 nitrogen and oxygen atoms in total. The summed E-state index contributed by atoms with van der Waals surface area (Å²) in [6, 6.07) is 0. The zero-order valence-corrected chi connectivity index (χ0v) is 22.6. The fraction of sp³-hybridized carbons (Fsp3) is 0.871. The summed E-state index contributed by atoms with van der Waals surface area (Å²) in [6.45, 7) is 23.9. The van der Waals surface area contributed by atoms with E-state index in [0.717, 1.165) is 24.2 Å². The van der Waals surface area contributed by atoms with Gasteiger partial charge < -0.3 is 5.11 Å². The topological polar surface area (TPSA) is 20.2 Å². The molecule has 0 saturated heterocycles. The SMILES string of the molecule is C=C(C)C(C)CCC(C)C1CCC2(C)C3CCC4C(C)(CCC(O)C4(C)C)C3=CCC12C. The average Bonchev–Trinajstić information content (AvgIpc) is 3.00. The fourth-order valence-corrected chi connectivity index (χ4v) is 9.63. The molecule has 0 aliphatic heterocycles. The summed E-state index contributed by atoms with van der Waals surface area (Å²) in [5, 5.41) is 10.8. The van der Waals surface area contributed by atoms with Gasteiger partial charge in [-0.25, -0.2) is 0 Å². The predicted octanol–water partition coefficient (Wildman–Crippen LogP) is 8.58. The molecule has 0 bridgehead atoms. The van der Waals surface area contributed by atoms with Gasteiger partial charge in [-0.1, -0.05) is 72.3 Å². The molecular formula is C31H52O. The van der Waals surface area contributed by atoms with E-state index in [1.54, 1.807) is 5.57 Å². The van der Waals surface area contributed by atoms with E-state index >= 15 is 0 Å². The Kier molecular flexibility index (Phi) is 6.14. The van der Waals surface area contributed by atoms with E-state index < -0.39 is 0 Å². The van der Waals surface area contributed by atoms with Gasteiger partial charge in [-0.2, -0.15) is 0 Å². The third-order valence-corrected chi connectivity index (χ3v) is 12.4. The maximum absolute atomic E-state index is 10.8. The van der Waals surface area contributed by atoms with E-state index in [2.05, 4.69) is 68.0 Å². The Bertz CT molecular complexity index is 775. The Balaban J connectivity index is 1.61. The number of fused-ring (bicyclic) bond motifs is 5. The first-order valence-corrected chi connectivity index (χ1v) is 13.8. The van der Waals surface area contributed by atoms with Crippen molar-refractivity contribution in [2.24, 2.45) is 51.2 Å². The number of aliphatic hydroxyl groups excluding tert-OH is 1. The number of hydrogen-bond donors (Lipinski definition) is 1.